The van der Waals surface area contributed by atoms with E-state index in [9.17, 15) is 0 Å². The first-order valence-electron chi connectivity index (χ1n) is 4.77. The van der Waals surface area contributed by atoms with Crippen LogP contribution in [0.5, 0.6) is 0 Å². The topological polar surface area (TPSA) is 6.25 Å². The molecule has 0 amide bonds. The van der Waals surface area contributed by atoms with Crippen LogP contribution in [-0.4, -0.2) is 41.5 Å². The summed E-state index contributed by atoms with van der Waals surface area (Å²) in [6, 6.07) is 0. The van der Waals surface area contributed by atoms with E-state index < -0.39 is 0 Å². The quantitative estimate of drug-likeness (QED) is 0.429. The van der Waals surface area contributed by atoms with Gasteiger partial charge in [0.2, 0.25) is 5.84 Å². The molecule has 0 saturated carbocycles. The van der Waals surface area contributed by atoms with E-state index in [1.54, 1.807) is 5.84 Å². The van der Waals surface area contributed by atoms with Crippen LogP contribution in [-0.2, 0) is 0 Å². The monoisotopic (exact) mass is 188 g/mol. The van der Waals surface area contributed by atoms with E-state index in [1.807, 2.05) is 0 Å². The van der Waals surface area contributed by atoms with Crippen LogP contribution in [0.4, 0.5) is 0 Å². The molecule has 2 aliphatic heterocycles. The van der Waals surface area contributed by atoms with Crippen LogP contribution < -0.4 is 12.4 Å². The summed E-state index contributed by atoms with van der Waals surface area (Å²) in [5.41, 5.74) is 0. The van der Waals surface area contributed by atoms with Gasteiger partial charge in [0, 0.05) is 6.42 Å². The van der Waals surface area contributed by atoms with Crippen molar-refractivity contribution in [1.29, 1.82) is 0 Å². The lowest BCUT2D eigenvalue weighted by Gasteiger charge is -2.20. The van der Waals surface area contributed by atoms with E-state index in [1.165, 1.54) is 45.4 Å². The van der Waals surface area contributed by atoms with Crippen molar-refractivity contribution >= 4 is 5.84 Å². The Bertz CT molecular complexity index is 189. The lowest BCUT2D eigenvalue weighted by Crippen LogP contribution is -3.00. The van der Waals surface area contributed by atoms with E-state index in [-0.39, 0.29) is 12.4 Å². The van der Waals surface area contributed by atoms with Gasteiger partial charge in [-0.05, 0) is 13.3 Å². The zero-order chi connectivity index (χ0) is 7.68. The molecule has 0 bridgehead atoms. The third-order valence-electron chi connectivity index (χ3n) is 2.80. The molecule has 2 rings (SSSR count). The molecule has 0 aromatic rings. The number of halogens is 1. The maximum absolute atomic E-state index is 2.56. The molecule has 12 heavy (non-hydrogen) atoms. The van der Waals surface area contributed by atoms with E-state index in [4.69, 9.17) is 0 Å². The average molecular weight is 189 g/mol. The maximum Gasteiger partial charge on any atom is 0.246 e. The minimum absolute atomic E-state index is 0. The third-order valence-corrected chi connectivity index (χ3v) is 2.80. The van der Waals surface area contributed by atoms with Crippen molar-refractivity contribution in [2.75, 3.05) is 26.2 Å². The van der Waals surface area contributed by atoms with Gasteiger partial charge < -0.3 is 12.4 Å². The van der Waals surface area contributed by atoms with Crippen molar-refractivity contribution in [1.82, 2.24) is 4.90 Å². The molecule has 2 nitrogen and oxygen atoms in total. The van der Waals surface area contributed by atoms with Gasteiger partial charge in [0.25, 0.3) is 0 Å². The Morgan fingerprint density at radius 1 is 1.33 bits per heavy atom. The number of rotatable bonds is 1. The summed E-state index contributed by atoms with van der Waals surface area (Å²) >= 11 is 0. The SMILES string of the molecule is CC[N+]1=C2CCCN2CCC1.[Cl-]. The first kappa shape index (κ1) is 9.85. The molecular formula is C9H17ClN2. The lowest BCUT2D eigenvalue weighted by molar-refractivity contribution is -0.535. The van der Waals surface area contributed by atoms with Gasteiger partial charge in [0.1, 0.15) is 0 Å². The number of amidine groups is 1. The fourth-order valence-corrected chi connectivity index (χ4v) is 2.24. The van der Waals surface area contributed by atoms with Gasteiger partial charge in [0.05, 0.1) is 32.6 Å². The summed E-state index contributed by atoms with van der Waals surface area (Å²) in [7, 11) is 0. The van der Waals surface area contributed by atoms with Gasteiger partial charge in [-0.3, -0.25) is 9.48 Å². The number of hydrogen-bond donors (Lipinski definition) is 0. The Labute approximate surface area is 80.7 Å². The van der Waals surface area contributed by atoms with Crippen molar-refractivity contribution in [3.8, 4) is 0 Å². The van der Waals surface area contributed by atoms with Crippen molar-refractivity contribution in [2.24, 2.45) is 0 Å². The smallest absolute Gasteiger partial charge is 0.246 e. The van der Waals surface area contributed by atoms with Crippen LogP contribution in [0, 0.1) is 0 Å². The average Bonchev–Trinajstić information content (AvgIpc) is 2.50. The van der Waals surface area contributed by atoms with Gasteiger partial charge in [-0.2, -0.15) is 0 Å². The van der Waals surface area contributed by atoms with Gasteiger partial charge in [-0.1, -0.05) is 0 Å². The van der Waals surface area contributed by atoms with Gasteiger partial charge in [-0.25, -0.2) is 0 Å². The summed E-state index contributed by atoms with van der Waals surface area (Å²) in [4.78, 5) is 2.56. The number of hydrogen-bond acceptors (Lipinski definition) is 1. The standard InChI is InChI=1S/C9H17N2.ClH/c1-2-10-7-4-8-11-6-3-5-9(10)11;/h2-8H2,1H3;1H/q+1;/p-1. The molecule has 1 saturated heterocycles. The van der Waals surface area contributed by atoms with Crippen molar-refractivity contribution in [2.45, 2.75) is 26.2 Å². The zero-order valence-electron chi connectivity index (χ0n) is 7.72. The van der Waals surface area contributed by atoms with Crippen LogP contribution in [0.1, 0.15) is 26.2 Å². The third kappa shape index (κ3) is 1.58. The highest BCUT2D eigenvalue weighted by atomic mass is 35.5. The molecule has 0 radical (unpaired) electrons. The summed E-state index contributed by atoms with van der Waals surface area (Å²) < 4.78 is 2.54. The molecule has 0 unspecified atom stereocenters. The highest BCUT2D eigenvalue weighted by Crippen LogP contribution is 2.15. The van der Waals surface area contributed by atoms with Crippen LogP contribution in [0.25, 0.3) is 0 Å². The summed E-state index contributed by atoms with van der Waals surface area (Å²) in [5, 5.41) is 0. The predicted molar refractivity (Wildman–Crippen MR) is 46.1 cm³/mol. The highest BCUT2D eigenvalue weighted by molar-refractivity contribution is 5.79. The Kier molecular flexibility index (Phi) is 3.39. The molecule has 0 aromatic carbocycles. The molecule has 0 spiro atoms. The van der Waals surface area contributed by atoms with Crippen LogP contribution in [0.2, 0.25) is 0 Å². The predicted octanol–water partition coefficient (Wildman–Crippen LogP) is -2.08. The molecule has 1 fully saturated rings. The van der Waals surface area contributed by atoms with Crippen molar-refractivity contribution < 1.29 is 17.0 Å². The van der Waals surface area contributed by atoms with E-state index in [2.05, 4.69) is 16.4 Å². The molecule has 0 N–H and O–H groups in total. The Morgan fingerprint density at radius 2 is 2.08 bits per heavy atom. The van der Waals surface area contributed by atoms with Crippen LogP contribution >= 0.6 is 0 Å². The minimum Gasteiger partial charge on any atom is -1.00 e. The largest absolute Gasteiger partial charge is 1.00 e. The summed E-state index contributed by atoms with van der Waals surface area (Å²) in [6.07, 6.45) is 4.07. The summed E-state index contributed by atoms with van der Waals surface area (Å²) in [5.74, 6) is 1.62. The highest BCUT2D eigenvalue weighted by Gasteiger charge is 2.30. The second kappa shape index (κ2) is 4.13. The van der Waals surface area contributed by atoms with Crippen molar-refractivity contribution in [3.63, 3.8) is 0 Å². The Hall–Kier alpha value is -0.240. The van der Waals surface area contributed by atoms with Crippen LogP contribution in [0.3, 0.4) is 0 Å². The first-order valence-corrected chi connectivity index (χ1v) is 4.77. The second-order valence-electron chi connectivity index (χ2n) is 3.44. The molecule has 0 aromatic heterocycles. The van der Waals surface area contributed by atoms with Gasteiger partial charge >= 0.3 is 0 Å². The van der Waals surface area contributed by atoms with E-state index in [0.717, 1.165) is 0 Å². The molecular weight excluding hydrogens is 172 g/mol. The summed E-state index contributed by atoms with van der Waals surface area (Å²) in [6.45, 7) is 7.38. The first-order chi connectivity index (χ1) is 5.42. The van der Waals surface area contributed by atoms with E-state index in [0.29, 0.717) is 0 Å². The van der Waals surface area contributed by atoms with Gasteiger partial charge in [0.15, 0.2) is 0 Å². The zero-order valence-corrected chi connectivity index (χ0v) is 8.48. The fraction of sp³-hybridized carbons (Fsp3) is 0.889. The molecule has 3 heteroatoms. The fourth-order valence-electron chi connectivity index (χ4n) is 2.24. The van der Waals surface area contributed by atoms with Crippen LogP contribution in [0.15, 0.2) is 0 Å². The Morgan fingerprint density at radius 3 is 2.83 bits per heavy atom. The lowest BCUT2D eigenvalue weighted by atomic mass is 10.3. The minimum atomic E-state index is 0. The normalized spacial score (nSPS) is 22.2. The Balaban J connectivity index is 0.000000720. The van der Waals surface area contributed by atoms with Gasteiger partial charge in [-0.15, -0.1) is 0 Å². The van der Waals surface area contributed by atoms with E-state index >= 15 is 0 Å². The van der Waals surface area contributed by atoms with Crippen molar-refractivity contribution in [3.05, 3.63) is 0 Å². The molecule has 2 heterocycles. The number of nitrogens with zero attached hydrogens (tertiary/aromatic N) is 2. The second-order valence-corrected chi connectivity index (χ2v) is 3.44. The molecule has 0 aliphatic carbocycles. The number of fused-ring (bicyclic) bond motifs is 1. The molecule has 2 aliphatic rings. The molecule has 0 atom stereocenters. The molecule has 70 valence electrons. The maximum atomic E-state index is 2.56.